The van der Waals surface area contributed by atoms with Gasteiger partial charge in [0.1, 0.15) is 30.3 Å². The molecule has 0 aliphatic carbocycles. The Balaban J connectivity index is 2.96. The highest BCUT2D eigenvalue weighted by Gasteiger charge is 2.02. The van der Waals surface area contributed by atoms with Crippen LogP contribution in [0.2, 0.25) is 0 Å². The first-order chi connectivity index (χ1) is 7.13. The van der Waals surface area contributed by atoms with E-state index in [1.54, 1.807) is 0 Å². The molecule has 90 valence electrons. The molecule has 0 rings (SSSR count). The number of nitro groups is 1. The molecule has 0 unspecified atom stereocenters. The van der Waals surface area contributed by atoms with Crippen molar-refractivity contribution in [3.8, 4) is 0 Å². The minimum Gasteiger partial charge on any atom is -0.265 e. The minimum atomic E-state index is -0.239. The first-order valence-corrected chi connectivity index (χ1v) is 7.42. The molecule has 0 fully saturated rings. The normalized spacial score (nSPS) is 10.9. The molecule has 0 aliphatic heterocycles. The van der Waals surface area contributed by atoms with E-state index in [9.17, 15) is 10.1 Å². The monoisotopic (exact) mass is 236 g/mol. The lowest BCUT2D eigenvalue weighted by molar-refractivity contribution is -0.480. The van der Waals surface area contributed by atoms with Crippen molar-refractivity contribution in [3.63, 3.8) is 0 Å². The second-order valence-corrected chi connectivity index (χ2v) is 5.46. The van der Waals surface area contributed by atoms with Crippen molar-refractivity contribution in [1.82, 2.24) is 0 Å². The Bertz CT molecular complexity index is 165. The molecule has 0 radical (unpaired) electrons. The van der Waals surface area contributed by atoms with E-state index in [1.807, 2.05) is 0 Å². The fourth-order valence-corrected chi connectivity index (χ4v) is 1.73. The largest absolute Gasteiger partial charge is 0.265 e. The van der Waals surface area contributed by atoms with Crippen LogP contribution in [-0.4, -0.2) is 30.6 Å². The maximum absolute atomic E-state index is 10.0. The van der Waals surface area contributed by atoms with Gasteiger partial charge >= 0.3 is 0 Å². The number of unbranched alkanes of at least 4 members (excludes halogenated alkanes) is 5. The molecule has 0 atom stereocenters. The number of rotatable bonds is 10. The molecule has 5 heteroatoms. The molecule has 0 saturated heterocycles. The molecule has 0 aliphatic rings. The van der Waals surface area contributed by atoms with Gasteiger partial charge in [-0.1, -0.05) is 19.3 Å². The first kappa shape index (κ1) is 14.7. The zero-order chi connectivity index (χ0) is 11.5. The maximum atomic E-state index is 10.0. The van der Waals surface area contributed by atoms with Crippen molar-refractivity contribution in [2.75, 3.05) is 25.7 Å². The topological polar surface area (TPSA) is 52.4 Å². The highest BCUT2D eigenvalue weighted by atomic mass is 32.2. The SMILES string of the molecule is C[S+](C)OCCCCCCCC[N+](=O)[O-]. The molecule has 0 spiro atoms. The van der Waals surface area contributed by atoms with Crippen molar-refractivity contribution < 1.29 is 9.11 Å². The van der Waals surface area contributed by atoms with E-state index in [0.717, 1.165) is 32.3 Å². The van der Waals surface area contributed by atoms with Gasteiger partial charge in [-0.3, -0.25) is 10.1 Å². The highest BCUT2D eigenvalue weighted by molar-refractivity contribution is 7.90. The summed E-state index contributed by atoms with van der Waals surface area (Å²) in [7, 11) is 0. The van der Waals surface area contributed by atoms with E-state index in [0.29, 0.717) is 0 Å². The van der Waals surface area contributed by atoms with Crippen molar-refractivity contribution >= 4 is 11.2 Å². The fourth-order valence-electron chi connectivity index (χ4n) is 1.28. The Morgan fingerprint density at radius 3 is 2.13 bits per heavy atom. The average Bonchev–Trinajstić information content (AvgIpc) is 2.14. The Morgan fingerprint density at radius 2 is 1.60 bits per heavy atom. The van der Waals surface area contributed by atoms with Crippen molar-refractivity contribution in [1.29, 1.82) is 0 Å². The standard InChI is InChI=1S/C10H22NO3S/c1-15(2)14-10-8-6-4-3-5-7-9-11(12)13/h3-10H2,1-2H3/q+1. The van der Waals surface area contributed by atoms with Crippen LogP contribution < -0.4 is 0 Å². The van der Waals surface area contributed by atoms with Crippen LogP contribution in [0.15, 0.2) is 0 Å². The van der Waals surface area contributed by atoms with Gasteiger partial charge in [-0.15, -0.1) is 0 Å². The molecule has 0 amide bonds. The minimum absolute atomic E-state index is 0.0939. The summed E-state index contributed by atoms with van der Waals surface area (Å²) in [5, 5.41) is 10.0. The van der Waals surface area contributed by atoms with Gasteiger partial charge < -0.3 is 0 Å². The van der Waals surface area contributed by atoms with Crippen LogP contribution in [0.3, 0.4) is 0 Å². The van der Waals surface area contributed by atoms with Crippen molar-refractivity contribution in [2.24, 2.45) is 0 Å². The lowest BCUT2D eigenvalue weighted by Crippen LogP contribution is -2.02. The van der Waals surface area contributed by atoms with Gasteiger partial charge in [-0.2, -0.15) is 4.18 Å². The molecule has 0 bridgehead atoms. The zero-order valence-corrected chi connectivity index (χ0v) is 10.6. The lowest BCUT2D eigenvalue weighted by Gasteiger charge is -1.99. The van der Waals surface area contributed by atoms with E-state index in [2.05, 4.69) is 12.5 Å². The Morgan fingerprint density at radius 1 is 1.07 bits per heavy atom. The van der Waals surface area contributed by atoms with Gasteiger partial charge in [0.2, 0.25) is 6.54 Å². The quantitative estimate of drug-likeness (QED) is 0.253. The summed E-state index contributed by atoms with van der Waals surface area (Å²) in [5.74, 6) is 0. The molecule has 4 nitrogen and oxygen atoms in total. The van der Waals surface area contributed by atoms with Crippen molar-refractivity contribution in [3.05, 3.63) is 10.1 Å². The molecule has 0 aromatic rings. The second kappa shape index (κ2) is 10.2. The van der Waals surface area contributed by atoms with Crippen LogP contribution in [0.1, 0.15) is 38.5 Å². The van der Waals surface area contributed by atoms with Gasteiger partial charge in [0.15, 0.2) is 0 Å². The lowest BCUT2D eigenvalue weighted by atomic mass is 10.1. The van der Waals surface area contributed by atoms with Crippen LogP contribution in [0.25, 0.3) is 0 Å². The van der Waals surface area contributed by atoms with Crippen LogP contribution in [-0.2, 0) is 15.4 Å². The van der Waals surface area contributed by atoms with Crippen LogP contribution in [0.5, 0.6) is 0 Å². The van der Waals surface area contributed by atoms with Gasteiger partial charge in [0.05, 0.1) is 0 Å². The first-order valence-electron chi connectivity index (χ1n) is 5.45. The van der Waals surface area contributed by atoms with Gasteiger partial charge in [-0.25, -0.2) is 0 Å². The Labute approximate surface area is 95.1 Å². The summed E-state index contributed by atoms with van der Waals surface area (Å²) < 4.78 is 5.44. The van der Waals surface area contributed by atoms with Gasteiger partial charge in [0, 0.05) is 11.3 Å². The molecule has 0 heterocycles. The van der Waals surface area contributed by atoms with Crippen LogP contribution in [0.4, 0.5) is 0 Å². The Hall–Kier alpha value is -0.290. The van der Waals surface area contributed by atoms with Gasteiger partial charge in [0.25, 0.3) is 0 Å². The third-order valence-electron chi connectivity index (χ3n) is 2.05. The van der Waals surface area contributed by atoms with Gasteiger partial charge in [-0.05, 0) is 12.8 Å². The average molecular weight is 236 g/mol. The summed E-state index contributed by atoms with van der Waals surface area (Å²) >= 11 is 0.0939. The maximum Gasteiger partial charge on any atom is 0.203 e. The van der Waals surface area contributed by atoms with Crippen LogP contribution in [0, 0.1) is 10.1 Å². The third-order valence-corrected chi connectivity index (χ3v) is 2.69. The Kier molecular flexibility index (Phi) is 10.0. The summed E-state index contributed by atoms with van der Waals surface area (Å²) in [4.78, 5) is 9.79. The number of hydrogen-bond acceptors (Lipinski definition) is 3. The second-order valence-electron chi connectivity index (χ2n) is 3.74. The van der Waals surface area contributed by atoms with E-state index < -0.39 is 0 Å². The molecular weight excluding hydrogens is 214 g/mol. The molecule has 0 saturated carbocycles. The number of nitrogens with zero attached hydrogens (tertiary/aromatic N) is 1. The third kappa shape index (κ3) is 13.7. The van der Waals surface area contributed by atoms with E-state index in [-0.39, 0.29) is 22.6 Å². The molecule has 0 aromatic heterocycles. The summed E-state index contributed by atoms with van der Waals surface area (Å²) in [6, 6.07) is 0. The zero-order valence-electron chi connectivity index (χ0n) is 9.74. The predicted octanol–water partition coefficient (Wildman–Crippen LogP) is 2.41. The smallest absolute Gasteiger partial charge is 0.203 e. The molecule has 0 N–H and O–H groups in total. The molecule has 15 heavy (non-hydrogen) atoms. The van der Waals surface area contributed by atoms with E-state index in [4.69, 9.17) is 4.18 Å². The summed E-state index contributed by atoms with van der Waals surface area (Å²) in [6.45, 7) is 0.975. The predicted molar refractivity (Wildman–Crippen MR) is 64.7 cm³/mol. The molecular formula is C10H22NO3S+. The summed E-state index contributed by atoms with van der Waals surface area (Å²) in [5.41, 5.74) is 0. The van der Waals surface area contributed by atoms with E-state index >= 15 is 0 Å². The summed E-state index contributed by atoms with van der Waals surface area (Å²) in [6.07, 6.45) is 10.4. The fraction of sp³-hybridized carbons (Fsp3) is 1.00. The van der Waals surface area contributed by atoms with Crippen LogP contribution >= 0.6 is 0 Å². The van der Waals surface area contributed by atoms with E-state index in [1.165, 1.54) is 12.8 Å². The molecule has 0 aromatic carbocycles. The van der Waals surface area contributed by atoms with Crippen molar-refractivity contribution in [2.45, 2.75) is 38.5 Å². The number of hydrogen-bond donors (Lipinski definition) is 0. The highest BCUT2D eigenvalue weighted by Crippen LogP contribution is 2.06.